The van der Waals surface area contributed by atoms with Gasteiger partial charge in [-0.25, -0.2) is 0 Å². The maximum atomic E-state index is 13.6. The summed E-state index contributed by atoms with van der Waals surface area (Å²) in [7, 11) is 0. The van der Waals surface area contributed by atoms with Crippen molar-refractivity contribution in [3.8, 4) is 17.3 Å². The van der Waals surface area contributed by atoms with Crippen LogP contribution in [-0.4, -0.2) is 31.5 Å². The summed E-state index contributed by atoms with van der Waals surface area (Å²) in [5, 5.41) is 12.4. The Morgan fingerprint density at radius 3 is 2.20 bits per heavy atom. The predicted octanol–water partition coefficient (Wildman–Crippen LogP) is 5.60. The van der Waals surface area contributed by atoms with Gasteiger partial charge in [0.2, 0.25) is 5.88 Å². The molecule has 2 N–H and O–H groups in total. The number of nitrogens with one attached hydrogen (secondary N) is 1. The van der Waals surface area contributed by atoms with E-state index >= 15 is 0 Å². The number of fused-ring (bicyclic) bond motifs is 1. The van der Waals surface area contributed by atoms with E-state index in [2.05, 4.69) is 16.0 Å². The monoisotopic (exact) mass is 480 g/mol. The number of benzene rings is 3. The SMILES string of the molecule is CC(=NCCc1c[nH]c2ccccc12)c1c(O)n(-c2ccccc2)c(=S)n(-c2ccccc2)c1=O. The first-order chi connectivity index (χ1) is 17.1. The summed E-state index contributed by atoms with van der Waals surface area (Å²) in [6, 6.07) is 26.6. The van der Waals surface area contributed by atoms with E-state index in [1.54, 1.807) is 6.92 Å². The van der Waals surface area contributed by atoms with Crippen molar-refractivity contribution in [2.24, 2.45) is 4.99 Å². The molecule has 6 nitrogen and oxygen atoms in total. The third kappa shape index (κ3) is 4.22. The van der Waals surface area contributed by atoms with Gasteiger partial charge in [-0.15, -0.1) is 0 Å². The third-order valence-electron chi connectivity index (χ3n) is 6.03. The lowest BCUT2D eigenvalue weighted by atomic mass is 10.1. The zero-order chi connectivity index (χ0) is 24.4. The molecule has 0 fully saturated rings. The molecule has 5 rings (SSSR count). The van der Waals surface area contributed by atoms with Crippen molar-refractivity contribution < 1.29 is 5.11 Å². The van der Waals surface area contributed by atoms with Gasteiger partial charge in [0.05, 0.1) is 11.4 Å². The summed E-state index contributed by atoms with van der Waals surface area (Å²) in [6.45, 7) is 2.22. The fraction of sp³-hybridized carbons (Fsp3) is 0.107. The van der Waals surface area contributed by atoms with Crippen molar-refractivity contribution in [3.63, 3.8) is 0 Å². The zero-order valence-electron chi connectivity index (χ0n) is 19.2. The second-order valence-corrected chi connectivity index (χ2v) is 8.57. The average molecular weight is 481 g/mol. The molecule has 0 amide bonds. The molecule has 174 valence electrons. The molecule has 0 aliphatic carbocycles. The first kappa shape index (κ1) is 22.6. The molecule has 0 bridgehead atoms. The van der Waals surface area contributed by atoms with E-state index in [4.69, 9.17) is 12.2 Å². The molecule has 0 aliphatic heterocycles. The quantitative estimate of drug-likeness (QED) is 0.246. The first-order valence-corrected chi connectivity index (χ1v) is 11.8. The normalized spacial score (nSPS) is 11.7. The Labute approximate surface area is 207 Å². The fourth-order valence-corrected chi connectivity index (χ4v) is 4.67. The summed E-state index contributed by atoms with van der Waals surface area (Å²) in [4.78, 5) is 21.6. The van der Waals surface area contributed by atoms with Gasteiger partial charge >= 0.3 is 0 Å². The topological polar surface area (TPSA) is 75.3 Å². The van der Waals surface area contributed by atoms with Gasteiger partial charge in [-0.2, -0.15) is 0 Å². The minimum absolute atomic E-state index is 0.130. The van der Waals surface area contributed by atoms with Gasteiger partial charge in [0.15, 0.2) is 4.77 Å². The van der Waals surface area contributed by atoms with Crippen molar-refractivity contribution in [3.05, 3.63) is 117 Å². The molecule has 0 atom stereocenters. The van der Waals surface area contributed by atoms with Crippen molar-refractivity contribution in [1.29, 1.82) is 0 Å². The van der Waals surface area contributed by atoms with Gasteiger partial charge < -0.3 is 10.1 Å². The van der Waals surface area contributed by atoms with Gasteiger partial charge in [0, 0.05) is 29.4 Å². The van der Waals surface area contributed by atoms with Crippen LogP contribution in [0.3, 0.4) is 0 Å². The molecule has 2 aromatic heterocycles. The lowest BCUT2D eigenvalue weighted by molar-refractivity contribution is 0.429. The lowest BCUT2D eigenvalue weighted by Crippen LogP contribution is -2.29. The number of rotatable bonds is 6. The van der Waals surface area contributed by atoms with Gasteiger partial charge in [-0.1, -0.05) is 54.6 Å². The van der Waals surface area contributed by atoms with Crippen LogP contribution in [0.1, 0.15) is 18.1 Å². The highest BCUT2D eigenvalue weighted by atomic mass is 32.1. The molecular formula is C28H24N4O2S. The van der Waals surface area contributed by atoms with Crippen molar-refractivity contribution in [2.45, 2.75) is 13.3 Å². The van der Waals surface area contributed by atoms with Crippen LogP contribution in [0.4, 0.5) is 0 Å². The van der Waals surface area contributed by atoms with Gasteiger partial charge in [0.25, 0.3) is 5.56 Å². The van der Waals surface area contributed by atoms with Crippen LogP contribution in [0.25, 0.3) is 22.3 Å². The molecule has 7 heteroatoms. The molecule has 3 aromatic carbocycles. The Morgan fingerprint density at radius 1 is 0.914 bits per heavy atom. The van der Waals surface area contributed by atoms with E-state index in [0.29, 0.717) is 30.1 Å². The zero-order valence-corrected chi connectivity index (χ0v) is 20.0. The highest BCUT2D eigenvalue weighted by Crippen LogP contribution is 2.23. The number of aromatic hydroxyl groups is 1. The number of hydrogen-bond donors (Lipinski definition) is 2. The smallest absolute Gasteiger partial charge is 0.271 e. The summed E-state index contributed by atoms with van der Waals surface area (Å²) in [5.41, 5.74) is 3.70. The van der Waals surface area contributed by atoms with E-state index in [1.807, 2.05) is 85.1 Å². The Morgan fingerprint density at radius 2 is 1.51 bits per heavy atom. The fourth-order valence-electron chi connectivity index (χ4n) is 4.29. The number of aliphatic imine (C=N–C) groups is 1. The number of hydrogen-bond acceptors (Lipinski definition) is 4. The second-order valence-electron chi connectivity index (χ2n) is 8.20. The average Bonchev–Trinajstić information content (AvgIpc) is 3.28. The molecular weight excluding hydrogens is 456 g/mol. The molecule has 5 aromatic rings. The standard InChI is InChI=1S/C28H24N4O2S/c1-19(29-17-16-20-18-30-24-15-9-8-14-23(20)24)25-26(33)31(21-10-4-2-5-11-21)28(35)32(27(25)34)22-12-6-3-7-13-22/h2-15,18,30,33H,16-17H2,1H3. The van der Waals surface area contributed by atoms with Crippen LogP contribution < -0.4 is 5.56 Å². The molecule has 0 unspecified atom stereocenters. The van der Waals surface area contributed by atoms with E-state index < -0.39 is 5.56 Å². The number of nitrogens with zero attached hydrogens (tertiary/aromatic N) is 3. The van der Waals surface area contributed by atoms with Crippen molar-refractivity contribution in [1.82, 2.24) is 14.1 Å². The van der Waals surface area contributed by atoms with Crippen LogP contribution in [0.2, 0.25) is 0 Å². The van der Waals surface area contributed by atoms with Crippen molar-refractivity contribution in [2.75, 3.05) is 6.54 Å². The van der Waals surface area contributed by atoms with Crippen LogP contribution in [0, 0.1) is 4.77 Å². The molecule has 0 radical (unpaired) electrons. The van der Waals surface area contributed by atoms with Gasteiger partial charge in [0.1, 0.15) is 5.56 Å². The Bertz CT molecular complexity index is 1650. The van der Waals surface area contributed by atoms with E-state index in [1.165, 1.54) is 9.13 Å². The first-order valence-electron chi connectivity index (χ1n) is 11.3. The summed E-state index contributed by atoms with van der Waals surface area (Å²) in [5.74, 6) is -0.216. The molecule has 0 spiro atoms. The number of H-pyrrole nitrogens is 1. The van der Waals surface area contributed by atoms with Crippen LogP contribution in [-0.2, 0) is 6.42 Å². The maximum absolute atomic E-state index is 13.6. The highest BCUT2D eigenvalue weighted by Gasteiger charge is 2.21. The van der Waals surface area contributed by atoms with Crippen LogP contribution in [0.5, 0.6) is 5.88 Å². The minimum atomic E-state index is -0.403. The third-order valence-corrected chi connectivity index (χ3v) is 6.40. The van der Waals surface area contributed by atoms with E-state index in [0.717, 1.165) is 16.5 Å². The summed E-state index contributed by atoms with van der Waals surface area (Å²) >= 11 is 5.69. The van der Waals surface area contributed by atoms with Gasteiger partial charge in [-0.3, -0.25) is 18.9 Å². The molecule has 35 heavy (non-hydrogen) atoms. The lowest BCUT2D eigenvalue weighted by Gasteiger charge is -2.17. The van der Waals surface area contributed by atoms with E-state index in [-0.39, 0.29) is 16.2 Å². The van der Waals surface area contributed by atoms with Crippen LogP contribution in [0.15, 0.2) is 101 Å². The number of aromatic amines is 1. The van der Waals surface area contributed by atoms with Crippen molar-refractivity contribution >= 4 is 28.8 Å². The molecule has 2 heterocycles. The second kappa shape index (κ2) is 9.56. The molecule has 0 saturated carbocycles. The molecule has 0 aliphatic rings. The summed E-state index contributed by atoms with van der Waals surface area (Å²) < 4.78 is 3.13. The minimum Gasteiger partial charge on any atom is -0.494 e. The largest absolute Gasteiger partial charge is 0.494 e. The number of para-hydroxylation sites is 3. The number of aromatic nitrogens is 3. The van der Waals surface area contributed by atoms with Crippen LogP contribution >= 0.6 is 12.2 Å². The van der Waals surface area contributed by atoms with E-state index in [9.17, 15) is 9.90 Å². The predicted molar refractivity (Wildman–Crippen MR) is 143 cm³/mol. The summed E-state index contributed by atoms with van der Waals surface area (Å²) in [6.07, 6.45) is 2.69. The Balaban J connectivity index is 1.61. The Hall–Kier alpha value is -4.23. The Kier molecular flexibility index (Phi) is 6.16. The highest BCUT2D eigenvalue weighted by molar-refractivity contribution is 7.71. The maximum Gasteiger partial charge on any atom is 0.271 e. The molecule has 0 saturated heterocycles. The van der Waals surface area contributed by atoms with Gasteiger partial charge in [-0.05, 0) is 61.5 Å².